The fraction of sp³-hybridized carbons (Fsp3) is 0.625. The summed E-state index contributed by atoms with van der Waals surface area (Å²) < 4.78 is 2.40. The first-order valence-corrected chi connectivity index (χ1v) is 8.07. The molecule has 3 heterocycles. The number of rotatable bonds is 2. The van der Waals surface area contributed by atoms with E-state index in [2.05, 4.69) is 33.0 Å². The van der Waals surface area contributed by atoms with Crippen LogP contribution in [-0.4, -0.2) is 27.6 Å². The predicted octanol–water partition coefficient (Wildman–Crippen LogP) is 2.65. The van der Waals surface area contributed by atoms with Crippen LogP contribution in [0.25, 0.3) is 11.0 Å². The van der Waals surface area contributed by atoms with E-state index in [1.165, 1.54) is 30.2 Å². The minimum atomic E-state index is 0.546. The summed E-state index contributed by atoms with van der Waals surface area (Å²) in [5, 5.41) is 4.69. The van der Waals surface area contributed by atoms with E-state index in [0.29, 0.717) is 17.9 Å². The molecule has 1 aliphatic carbocycles. The van der Waals surface area contributed by atoms with Gasteiger partial charge in [0.15, 0.2) is 0 Å². The van der Waals surface area contributed by atoms with Gasteiger partial charge in [0.1, 0.15) is 17.8 Å². The Labute approximate surface area is 124 Å². The molecule has 21 heavy (non-hydrogen) atoms. The molecule has 0 aromatic carbocycles. The molecular weight excluding hydrogens is 262 g/mol. The maximum Gasteiger partial charge on any atom is 0.146 e. The molecular formula is C16H23N5. The molecule has 5 nitrogen and oxygen atoms in total. The van der Waals surface area contributed by atoms with Crippen molar-refractivity contribution in [1.29, 1.82) is 0 Å². The lowest BCUT2D eigenvalue weighted by Crippen LogP contribution is -2.12. The van der Waals surface area contributed by atoms with Crippen LogP contribution in [0, 0.1) is 5.92 Å². The molecule has 2 aromatic heterocycles. The molecule has 1 fully saturated rings. The Morgan fingerprint density at radius 1 is 1.33 bits per heavy atom. The smallest absolute Gasteiger partial charge is 0.146 e. The van der Waals surface area contributed by atoms with Crippen LogP contribution in [0.3, 0.4) is 0 Å². The summed E-state index contributed by atoms with van der Waals surface area (Å²) in [5.74, 6) is 2.23. The molecule has 1 saturated carbocycles. The fourth-order valence-electron chi connectivity index (χ4n) is 3.98. The highest BCUT2D eigenvalue weighted by molar-refractivity contribution is 5.91. The maximum absolute atomic E-state index is 5.85. The molecule has 0 saturated heterocycles. The Kier molecular flexibility index (Phi) is 3.10. The standard InChI is InChI=1S/C16H23N5/c1-10-4-5-18-15-14-13(10)8-21(16(14)20-9-19-15)12-3-2-11(6-12)7-17/h8-12H,2-7,17H2,1H3,(H,18,19,20)/t10?,11-,12+/m1/s1. The highest BCUT2D eigenvalue weighted by atomic mass is 15.1. The largest absolute Gasteiger partial charge is 0.369 e. The topological polar surface area (TPSA) is 68.8 Å². The van der Waals surface area contributed by atoms with Crippen molar-refractivity contribution < 1.29 is 0 Å². The van der Waals surface area contributed by atoms with Gasteiger partial charge >= 0.3 is 0 Å². The first kappa shape index (κ1) is 13.1. The average Bonchev–Trinajstić information content (AvgIpc) is 3.07. The molecule has 0 bridgehead atoms. The van der Waals surface area contributed by atoms with Crippen molar-refractivity contribution in [3.8, 4) is 0 Å². The van der Waals surface area contributed by atoms with Gasteiger partial charge in [-0.15, -0.1) is 0 Å². The van der Waals surface area contributed by atoms with Crippen LogP contribution in [0.5, 0.6) is 0 Å². The highest BCUT2D eigenvalue weighted by Gasteiger charge is 2.29. The third-order valence-corrected chi connectivity index (χ3v) is 5.28. The van der Waals surface area contributed by atoms with E-state index in [1.54, 1.807) is 6.33 Å². The van der Waals surface area contributed by atoms with Crippen LogP contribution in [0.2, 0.25) is 0 Å². The zero-order valence-electron chi connectivity index (χ0n) is 12.5. The van der Waals surface area contributed by atoms with Crippen molar-refractivity contribution in [3.63, 3.8) is 0 Å². The van der Waals surface area contributed by atoms with Crippen molar-refractivity contribution in [2.45, 2.75) is 44.6 Å². The Bertz CT molecular complexity index is 662. The number of anilines is 1. The van der Waals surface area contributed by atoms with Gasteiger partial charge in [-0.05, 0) is 49.6 Å². The van der Waals surface area contributed by atoms with Crippen molar-refractivity contribution in [2.75, 3.05) is 18.4 Å². The SMILES string of the molecule is CC1CCNc2ncnc3c2c1cn3[C@H]1CC[C@@H](CN)C1. The molecule has 0 amide bonds. The maximum atomic E-state index is 5.85. The van der Waals surface area contributed by atoms with Crippen LogP contribution >= 0.6 is 0 Å². The van der Waals surface area contributed by atoms with E-state index in [1.807, 2.05) is 0 Å². The van der Waals surface area contributed by atoms with Gasteiger partial charge in [-0.25, -0.2) is 9.97 Å². The summed E-state index contributed by atoms with van der Waals surface area (Å²) in [6.07, 6.45) is 8.81. The molecule has 2 aromatic rings. The van der Waals surface area contributed by atoms with Gasteiger partial charge in [-0.2, -0.15) is 0 Å². The second-order valence-electron chi connectivity index (χ2n) is 6.60. The molecule has 112 valence electrons. The summed E-state index contributed by atoms with van der Waals surface area (Å²) in [7, 11) is 0. The lowest BCUT2D eigenvalue weighted by atomic mass is 10.00. The first-order valence-electron chi connectivity index (χ1n) is 8.07. The third-order valence-electron chi connectivity index (χ3n) is 5.28. The number of aromatic nitrogens is 3. The Morgan fingerprint density at radius 3 is 3.05 bits per heavy atom. The van der Waals surface area contributed by atoms with Crippen LogP contribution in [0.4, 0.5) is 5.82 Å². The minimum Gasteiger partial charge on any atom is -0.369 e. The third kappa shape index (κ3) is 2.02. The quantitative estimate of drug-likeness (QED) is 0.890. The van der Waals surface area contributed by atoms with Gasteiger partial charge in [0, 0.05) is 18.8 Å². The van der Waals surface area contributed by atoms with E-state index in [-0.39, 0.29) is 0 Å². The van der Waals surface area contributed by atoms with E-state index < -0.39 is 0 Å². The Balaban J connectivity index is 1.84. The minimum absolute atomic E-state index is 0.546. The van der Waals surface area contributed by atoms with E-state index in [4.69, 9.17) is 5.73 Å². The van der Waals surface area contributed by atoms with Crippen molar-refractivity contribution in [3.05, 3.63) is 18.1 Å². The van der Waals surface area contributed by atoms with E-state index in [0.717, 1.165) is 31.0 Å². The molecule has 4 rings (SSSR count). The monoisotopic (exact) mass is 285 g/mol. The fourth-order valence-corrected chi connectivity index (χ4v) is 3.98. The Hall–Kier alpha value is -1.62. The van der Waals surface area contributed by atoms with E-state index in [9.17, 15) is 0 Å². The summed E-state index contributed by atoms with van der Waals surface area (Å²) in [4.78, 5) is 9.04. The zero-order valence-corrected chi connectivity index (χ0v) is 12.5. The normalized spacial score (nSPS) is 28.6. The number of nitrogens with zero attached hydrogens (tertiary/aromatic N) is 3. The van der Waals surface area contributed by atoms with Crippen LogP contribution < -0.4 is 11.1 Å². The number of hydrogen-bond acceptors (Lipinski definition) is 4. The number of hydrogen-bond donors (Lipinski definition) is 2. The van der Waals surface area contributed by atoms with Crippen LogP contribution in [-0.2, 0) is 0 Å². The Morgan fingerprint density at radius 2 is 2.24 bits per heavy atom. The lowest BCUT2D eigenvalue weighted by Gasteiger charge is -2.14. The molecule has 1 aliphatic heterocycles. The zero-order chi connectivity index (χ0) is 14.4. The van der Waals surface area contributed by atoms with Crippen molar-refractivity contribution in [1.82, 2.24) is 14.5 Å². The van der Waals surface area contributed by atoms with Gasteiger partial charge in [0.2, 0.25) is 0 Å². The van der Waals surface area contributed by atoms with Gasteiger partial charge < -0.3 is 15.6 Å². The molecule has 1 unspecified atom stereocenters. The summed E-state index contributed by atoms with van der Waals surface area (Å²) in [5.41, 5.74) is 8.35. The highest BCUT2D eigenvalue weighted by Crippen LogP contribution is 2.40. The molecule has 5 heteroatoms. The van der Waals surface area contributed by atoms with Crippen LogP contribution in [0.15, 0.2) is 12.5 Å². The second-order valence-corrected chi connectivity index (χ2v) is 6.60. The van der Waals surface area contributed by atoms with Crippen LogP contribution in [0.1, 0.15) is 50.1 Å². The second kappa shape index (κ2) is 4.98. The predicted molar refractivity (Wildman–Crippen MR) is 84.5 cm³/mol. The van der Waals surface area contributed by atoms with Crippen molar-refractivity contribution >= 4 is 16.9 Å². The van der Waals surface area contributed by atoms with Gasteiger partial charge in [-0.3, -0.25) is 0 Å². The van der Waals surface area contributed by atoms with Gasteiger partial charge in [0.05, 0.1) is 5.39 Å². The number of nitrogens with two attached hydrogens (primary N) is 1. The summed E-state index contributed by atoms with van der Waals surface area (Å²) in [6, 6.07) is 0.546. The lowest BCUT2D eigenvalue weighted by molar-refractivity contribution is 0.488. The molecule has 3 N–H and O–H groups in total. The molecule has 0 spiro atoms. The number of nitrogens with one attached hydrogen (secondary N) is 1. The first-order chi connectivity index (χ1) is 10.3. The summed E-state index contributed by atoms with van der Waals surface area (Å²) >= 11 is 0. The molecule has 3 atom stereocenters. The van der Waals surface area contributed by atoms with E-state index >= 15 is 0 Å². The van der Waals surface area contributed by atoms with Gasteiger partial charge in [0.25, 0.3) is 0 Å². The molecule has 0 radical (unpaired) electrons. The molecule has 2 aliphatic rings. The van der Waals surface area contributed by atoms with Crippen molar-refractivity contribution in [2.24, 2.45) is 11.7 Å². The van der Waals surface area contributed by atoms with Gasteiger partial charge in [-0.1, -0.05) is 6.92 Å². The average molecular weight is 285 g/mol. The summed E-state index contributed by atoms with van der Waals surface area (Å²) in [6.45, 7) is 4.10.